The van der Waals surface area contributed by atoms with Crippen LogP contribution in [-0.4, -0.2) is 4.92 Å². The molecule has 0 fully saturated rings. The van der Waals surface area contributed by atoms with Gasteiger partial charge in [-0.25, -0.2) is 0 Å². The first-order chi connectivity index (χ1) is 9.60. The second kappa shape index (κ2) is 6.59. The van der Waals surface area contributed by atoms with Crippen LogP contribution in [0.4, 0.5) is 5.69 Å². The fraction of sp³-hybridized carbons (Fsp3) is 0.143. The summed E-state index contributed by atoms with van der Waals surface area (Å²) in [4.78, 5) is 10.5. The number of halogens is 2. The number of ether oxygens (including phenoxy) is 1. The average molecular weight is 312 g/mol. The summed E-state index contributed by atoms with van der Waals surface area (Å²) in [7, 11) is 0. The molecule has 0 radical (unpaired) electrons. The molecule has 0 spiro atoms. The Morgan fingerprint density at radius 3 is 2.70 bits per heavy atom. The van der Waals surface area contributed by atoms with Crippen LogP contribution in [0.1, 0.15) is 11.1 Å². The zero-order valence-electron chi connectivity index (χ0n) is 10.4. The molecule has 0 aliphatic rings. The predicted octanol–water partition coefficient (Wildman–Crippen LogP) is 4.57. The standard InChI is InChI=1S/C14H11Cl2NO3/c15-8-10-2-1-3-13(6-10)20-9-11-7-12(16)4-5-14(11)17(18)19/h1-7H,8-9H2. The Balaban J connectivity index is 2.17. The molecule has 0 amide bonds. The zero-order valence-corrected chi connectivity index (χ0v) is 11.9. The summed E-state index contributed by atoms with van der Waals surface area (Å²) in [6.45, 7) is 0.0720. The molecule has 0 saturated heterocycles. The Morgan fingerprint density at radius 1 is 1.20 bits per heavy atom. The summed E-state index contributed by atoms with van der Waals surface area (Å²) < 4.78 is 5.56. The quantitative estimate of drug-likeness (QED) is 0.462. The largest absolute Gasteiger partial charge is 0.489 e. The first-order valence-electron chi connectivity index (χ1n) is 5.80. The lowest BCUT2D eigenvalue weighted by Gasteiger charge is -2.08. The van der Waals surface area contributed by atoms with Crippen LogP contribution in [0.3, 0.4) is 0 Å². The summed E-state index contributed by atoms with van der Waals surface area (Å²) in [5, 5.41) is 11.4. The first-order valence-corrected chi connectivity index (χ1v) is 6.72. The molecule has 0 unspecified atom stereocenters. The number of hydrogen-bond acceptors (Lipinski definition) is 3. The lowest BCUT2D eigenvalue weighted by molar-refractivity contribution is -0.385. The van der Waals surface area contributed by atoms with E-state index in [-0.39, 0.29) is 12.3 Å². The fourth-order valence-electron chi connectivity index (χ4n) is 1.73. The number of alkyl halides is 1. The molecule has 0 N–H and O–H groups in total. The Bertz CT molecular complexity index is 632. The average Bonchev–Trinajstić information content (AvgIpc) is 2.45. The molecule has 104 valence electrons. The molecular formula is C14H11Cl2NO3. The Morgan fingerprint density at radius 2 is 2.00 bits per heavy atom. The summed E-state index contributed by atoms with van der Waals surface area (Å²) in [6.07, 6.45) is 0. The highest BCUT2D eigenvalue weighted by Gasteiger charge is 2.14. The number of nitro groups is 1. The SMILES string of the molecule is O=[N+]([O-])c1ccc(Cl)cc1COc1cccc(CCl)c1. The van der Waals surface area contributed by atoms with E-state index >= 15 is 0 Å². The van der Waals surface area contributed by atoms with Crippen molar-refractivity contribution in [3.05, 3.63) is 68.7 Å². The van der Waals surface area contributed by atoms with Crippen LogP contribution in [0.15, 0.2) is 42.5 Å². The predicted molar refractivity (Wildman–Crippen MR) is 78.4 cm³/mol. The van der Waals surface area contributed by atoms with E-state index in [2.05, 4.69) is 0 Å². The Hall–Kier alpha value is -1.78. The van der Waals surface area contributed by atoms with Gasteiger partial charge in [-0.1, -0.05) is 23.7 Å². The Labute approximate surface area is 126 Å². The maximum atomic E-state index is 10.9. The van der Waals surface area contributed by atoms with E-state index in [1.165, 1.54) is 18.2 Å². The molecule has 20 heavy (non-hydrogen) atoms. The topological polar surface area (TPSA) is 52.4 Å². The van der Waals surface area contributed by atoms with Crippen LogP contribution in [0.2, 0.25) is 5.02 Å². The van der Waals surface area contributed by atoms with Crippen molar-refractivity contribution in [1.82, 2.24) is 0 Å². The van der Waals surface area contributed by atoms with E-state index in [1.807, 2.05) is 12.1 Å². The van der Waals surface area contributed by atoms with Gasteiger partial charge in [-0.05, 0) is 29.8 Å². The minimum Gasteiger partial charge on any atom is -0.489 e. The molecular weight excluding hydrogens is 301 g/mol. The van der Waals surface area contributed by atoms with Gasteiger partial charge in [0, 0.05) is 17.0 Å². The number of hydrogen-bond donors (Lipinski definition) is 0. The van der Waals surface area contributed by atoms with Crippen LogP contribution in [-0.2, 0) is 12.5 Å². The van der Waals surface area contributed by atoms with Gasteiger partial charge < -0.3 is 4.74 Å². The van der Waals surface area contributed by atoms with E-state index < -0.39 is 4.92 Å². The van der Waals surface area contributed by atoms with Crippen LogP contribution in [0.25, 0.3) is 0 Å². The van der Waals surface area contributed by atoms with Crippen molar-refractivity contribution >= 4 is 28.9 Å². The van der Waals surface area contributed by atoms with Crippen LogP contribution >= 0.6 is 23.2 Å². The molecule has 0 bridgehead atoms. The second-order valence-corrected chi connectivity index (χ2v) is 4.80. The molecule has 2 aromatic rings. The van der Waals surface area contributed by atoms with Crippen molar-refractivity contribution in [3.63, 3.8) is 0 Å². The molecule has 0 aliphatic carbocycles. The van der Waals surface area contributed by atoms with E-state index in [1.54, 1.807) is 12.1 Å². The molecule has 0 atom stereocenters. The lowest BCUT2D eigenvalue weighted by atomic mass is 10.2. The van der Waals surface area contributed by atoms with Crippen molar-refractivity contribution in [2.75, 3.05) is 0 Å². The van der Waals surface area contributed by atoms with Crippen molar-refractivity contribution < 1.29 is 9.66 Å². The number of rotatable bonds is 5. The minimum atomic E-state index is -0.454. The highest BCUT2D eigenvalue weighted by Crippen LogP contribution is 2.24. The van der Waals surface area contributed by atoms with Gasteiger partial charge in [0.05, 0.1) is 10.5 Å². The summed E-state index contributed by atoms with van der Waals surface area (Å²) in [5.41, 5.74) is 1.34. The monoisotopic (exact) mass is 311 g/mol. The molecule has 2 aromatic carbocycles. The van der Waals surface area contributed by atoms with E-state index in [9.17, 15) is 10.1 Å². The Kier molecular flexibility index (Phi) is 4.82. The number of nitro benzene ring substituents is 1. The van der Waals surface area contributed by atoms with Gasteiger partial charge in [-0.3, -0.25) is 10.1 Å². The van der Waals surface area contributed by atoms with Gasteiger partial charge in [0.25, 0.3) is 5.69 Å². The smallest absolute Gasteiger partial charge is 0.276 e. The molecule has 2 rings (SSSR count). The number of benzene rings is 2. The van der Waals surface area contributed by atoms with E-state index in [0.29, 0.717) is 22.2 Å². The van der Waals surface area contributed by atoms with Crippen molar-refractivity contribution in [2.24, 2.45) is 0 Å². The van der Waals surface area contributed by atoms with E-state index in [0.717, 1.165) is 5.56 Å². The maximum absolute atomic E-state index is 10.9. The van der Waals surface area contributed by atoms with Gasteiger partial charge in [-0.2, -0.15) is 0 Å². The second-order valence-electron chi connectivity index (χ2n) is 4.10. The zero-order chi connectivity index (χ0) is 14.5. The van der Waals surface area contributed by atoms with Crippen molar-refractivity contribution in [1.29, 1.82) is 0 Å². The third kappa shape index (κ3) is 3.62. The third-order valence-corrected chi connectivity index (χ3v) is 3.23. The van der Waals surface area contributed by atoms with Gasteiger partial charge >= 0.3 is 0 Å². The van der Waals surface area contributed by atoms with Gasteiger partial charge in [0.1, 0.15) is 12.4 Å². The third-order valence-electron chi connectivity index (χ3n) is 2.69. The molecule has 6 heteroatoms. The minimum absolute atomic E-state index is 0.0112. The number of nitrogens with zero attached hydrogens (tertiary/aromatic N) is 1. The maximum Gasteiger partial charge on any atom is 0.276 e. The summed E-state index contributed by atoms with van der Waals surface area (Å²) >= 11 is 11.6. The van der Waals surface area contributed by atoms with Gasteiger partial charge in [0.15, 0.2) is 0 Å². The summed E-state index contributed by atoms with van der Waals surface area (Å²) in [6, 6.07) is 11.6. The van der Waals surface area contributed by atoms with Crippen LogP contribution in [0.5, 0.6) is 5.75 Å². The molecule has 0 aromatic heterocycles. The lowest BCUT2D eigenvalue weighted by Crippen LogP contribution is -2.00. The van der Waals surface area contributed by atoms with E-state index in [4.69, 9.17) is 27.9 Å². The first kappa shape index (κ1) is 14.6. The van der Waals surface area contributed by atoms with Crippen molar-refractivity contribution in [2.45, 2.75) is 12.5 Å². The van der Waals surface area contributed by atoms with Crippen molar-refractivity contribution in [3.8, 4) is 5.75 Å². The van der Waals surface area contributed by atoms with Gasteiger partial charge in [-0.15, -0.1) is 11.6 Å². The van der Waals surface area contributed by atoms with Crippen LogP contribution in [0, 0.1) is 10.1 Å². The normalized spacial score (nSPS) is 10.3. The van der Waals surface area contributed by atoms with Gasteiger partial charge in [0.2, 0.25) is 0 Å². The molecule has 0 aliphatic heterocycles. The molecule has 4 nitrogen and oxygen atoms in total. The summed E-state index contributed by atoms with van der Waals surface area (Å²) in [5.74, 6) is 0.992. The highest BCUT2D eigenvalue weighted by molar-refractivity contribution is 6.30. The molecule has 0 saturated carbocycles. The highest BCUT2D eigenvalue weighted by atomic mass is 35.5. The fourth-order valence-corrected chi connectivity index (χ4v) is 2.09. The molecule has 0 heterocycles. The van der Waals surface area contributed by atoms with Crippen LogP contribution < -0.4 is 4.74 Å².